The number of nitrogens with two attached hydrogens (primary N) is 1. The van der Waals surface area contributed by atoms with Crippen LogP contribution in [0.4, 0.5) is 5.69 Å². The molecule has 0 amide bonds. The molecule has 3 N–H and O–H groups in total. The number of rotatable bonds is 6. The third kappa shape index (κ3) is 5.64. The molecule has 0 spiro atoms. The molecule has 0 bridgehead atoms. The lowest BCUT2D eigenvalue weighted by Gasteiger charge is -2.19. The van der Waals surface area contributed by atoms with Crippen LogP contribution in [0.3, 0.4) is 0 Å². The first-order valence-electron chi connectivity index (χ1n) is 5.72. The van der Waals surface area contributed by atoms with Gasteiger partial charge in [0.1, 0.15) is 12.4 Å². The molecule has 0 saturated carbocycles. The number of hydrogen-bond acceptors (Lipinski definition) is 4. The van der Waals surface area contributed by atoms with E-state index in [0.29, 0.717) is 11.4 Å². The summed E-state index contributed by atoms with van der Waals surface area (Å²) in [6.07, 6.45) is 5.23. The van der Waals surface area contributed by atoms with Crippen molar-refractivity contribution in [2.24, 2.45) is 0 Å². The maximum absolute atomic E-state index is 11.8. The number of ether oxygens (including phenoxy) is 1. The van der Waals surface area contributed by atoms with Crippen LogP contribution in [-0.4, -0.2) is 26.3 Å². The molecule has 1 rings (SSSR count). The second-order valence-electron chi connectivity index (χ2n) is 4.61. The Bertz CT molecular complexity index is 574. The zero-order valence-corrected chi connectivity index (χ0v) is 11.8. The maximum atomic E-state index is 11.8. The highest BCUT2D eigenvalue weighted by Crippen LogP contribution is 2.14. The minimum absolute atomic E-state index is 0.0272. The largest absolute Gasteiger partial charge is 0.492 e. The van der Waals surface area contributed by atoms with E-state index in [1.165, 1.54) is 0 Å². The van der Waals surface area contributed by atoms with Gasteiger partial charge in [-0.1, -0.05) is 12.0 Å². The highest BCUT2D eigenvalue weighted by atomic mass is 32.2. The van der Waals surface area contributed by atoms with E-state index in [1.54, 1.807) is 38.1 Å². The van der Waals surface area contributed by atoms with E-state index in [2.05, 4.69) is 10.6 Å². The Morgan fingerprint density at radius 1 is 1.47 bits per heavy atom. The van der Waals surface area contributed by atoms with Crippen molar-refractivity contribution in [3.8, 4) is 18.1 Å². The Balaban J connectivity index is 2.51. The van der Waals surface area contributed by atoms with Crippen LogP contribution < -0.4 is 15.2 Å². The van der Waals surface area contributed by atoms with E-state index < -0.39 is 15.6 Å². The minimum atomic E-state index is -3.48. The van der Waals surface area contributed by atoms with Crippen LogP contribution in [0.1, 0.15) is 13.8 Å². The van der Waals surface area contributed by atoms with E-state index in [0.717, 1.165) is 0 Å². The van der Waals surface area contributed by atoms with Crippen molar-refractivity contribution in [2.75, 3.05) is 18.1 Å². The molecule has 0 radical (unpaired) electrons. The fourth-order valence-electron chi connectivity index (χ4n) is 1.34. The summed E-state index contributed by atoms with van der Waals surface area (Å²) >= 11 is 0. The third-order valence-corrected chi connectivity index (χ3v) is 3.78. The van der Waals surface area contributed by atoms with E-state index in [4.69, 9.17) is 16.9 Å². The van der Waals surface area contributed by atoms with Gasteiger partial charge in [0.25, 0.3) is 0 Å². The van der Waals surface area contributed by atoms with Crippen LogP contribution in [-0.2, 0) is 10.0 Å². The predicted molar refractivity (Wildman–Crippen MR) is 76.2 cm³/mol. The second kappa shape index (κ2) is 5.95. The average molecular weight is 282 g/mol. The first kappa shape index (κ1) is 15.3. The average Bonchev–Trinajstić information content (AvgIpc) is 2.27. The summed E-state index contributed by atoms with van der Waals surface area (Å²) in [6.45, 7) is 3.26. The number of terminal acetylenes is 1. The SMILES string of the molecule is C#CC(C)(C)NS(=O)(=O)CCOc1cccc(N)c1. The van der Waals surface area contributed by atoms with Gasteiger partial charge >= 0.3 is 0 Å². The van der Waals surface area contributed by atoms with Gasteiger partial charge < -0.3 is 10.5 Å². The molecular formula is C13H18N2O3S. The monoisotopic (exact) mass is 282 g/mol. The Labute approximate surface area is 114 Å². The molecule has 0 aromatic heterocycles. The van der Waals surface area contributed by atoms with Gasteiger partial charge in [-0.05, 0) is 26.0 Å². The Morgan fingerprint density at radius 2 is 2.16 bits per heavy atom. The van der Waals surface area contributed by atoms with Gasteiger partial charge in [0, 0.05) is 11.8 Å². The van der Waals surface area contributed by atoms with Gasteiger partial charge in [0.2, 0.25) is 10.0 Å². The summed E-state index contributed by atoms with van der Waals surface area (Å²) in [5, 5.41) is 0. The fraction of sp³-hybridized carbons (Fsp3) is 0.385. The van der Waals surface area contributed by atoms with E-state index in [-0.39, 0.29) is 12.4 Å². The molecule has 104 valence electrons. The topological polar surface area (TPSA) is 81.4 Å². The lowest BCUT2D eigenvalue weighted by Crippen LogP contribution is -2.43. The van der Waals surface area contributed by atoms with Crippen LogP contribution in [0.15, 0.2) is 24.3 Å². The van der Waals surface area contributed by atoms with Gasteiger partial charge in [0.15, 0.2) is 0 Å². The molecule has 6 heteroatoms. The molecule has 0 aliphatic carbocycles. The maximum Gasteiger partial charge on any atom is 0.216 e. The number of benzene rings is 1. The first-order chi connectivity index (χ1) is 8.74. The van der Waals surface area contributed by atoms with Crippen molar-refractivity contribution in [1.29, 1.82) is 0 Å². The molecule has 0 aliphatic rings. The zero-order valence-electron chi connectivity index (χ0n) is 11.0. The molecular weight excluding hydrogens is 264 g/mol. The molecule has 0 fully saturated rings. The van der Waals surface area contributed by atoms with Crippen molar-refractivity contribution < 1.29 is 13.2 Å². The second-order valence-corrected chi connectivity index (χ2v) is 6.45. The number of anilines is 1. The Morgan fingerprint density at radius 3 is 2.74 bits per heavy atom. The standard InChI is InChI=1S/C13H18N2O3S/c1-4-13(2,3)15-19(16,17)9-8-18-12-7-5-6-11(14)10-12/h1,5-7,10,15H,8-9,14H2,2-3H3. The summed E-state index contributed by atoms with van der Waals surface area (Å²) in [5.74, 6) is 2.73. The number of hydrogen-bond donors (Lipinski definition) is 2. The lowest BCUT2D eigenvalue weighted by molar-refractivity contribution is 0.340. The van der Waals surface area contributed by atoms with E-state index in [1.807, 2.05) is 0 Å². The van der Waals surface area contributed by atoms with Crippen LogP contribution >= 0.6 is 0 Å². The van der Waals surface area contributed by atoms with Crippen molar-refractivity contribution in [3.05, 3.63) is 24.3 Å². The number of nitrogen functional groups attached to an aromatic ring is 1. The molecule has 1 aromatic rings. The smallest absolute Gasteiger partial charge is 0.216 e. The predicted octanol–water partition coefficient (Wildman–Crippen LogP) is 0.979. The molecule has 1 aromatic carbocycles. The summed E-state index contributed by atoms with van der Waals surface area (Å²) in [7, 11) is -3.48. The Kier molecular flexibility index (Phi) is 4.81. The van der Waals surface area contributed by atoms with Gasteiger partial charge in [-0.15, -0.1) is 6.42 Å². The first-order valence-corrected chi connectivity index (χ1v) is 7.37. The van der Waals surface area contributed by atoms with E-state index in [9.17, 15) is 8.42 Å². The van der Waals surface area contributed by atoms with Crippen LogP contribution in [0, 0.1) is 12.3 Å². The third-order valence-electron chi connectivity index (χ3n) is 2.25. The summed E-state index contributed by atoms with van der Waals surface area (Å²) in [6, 6.07) is 6.80. The number of nitrogens with one attached hydrogen (secondary N) is 1. The van der Waals surface area contributed by atoms with Gasteiger partial charge in [0.05, 0.1) is 11.3 Å². The molecule has 0 saturated heterocycles. The van der Waals surface area contributed by atoms with Crippen LogP contribution in [0.25, 0.3) is 0 Å². The zero-order chi connectivity index (χ0) is 14.5. The van der Waals surface area contributed by atoms with Crippen molar-refractivity contribution in [1.82, 2.24) is 4.72 Å². The highest BCUT2D eigenvalue weighted by Gasteiger charge is 2.22. The van der Waals surface area contributed by atoms with Crippen molar-refractivity contribution >= 4 is 15.7 Å². The van der Waals surface area contributed by atoms with E-state index >= 15 is 0 Å². The Hall–Kier alpha value is -1.71. The summed E-state index contributed by atoms with van der Waals surface area (Å²) in [5.41, 5.74) is 5.24. The van der Waals surface area contributed by atoms with Crippen LogP contribution in [0.2, 0.25) is 0 Å². The molecule has 0 atom stereocenters. The normalized spacial score (nSPS) is 11.8. The quantitative estimate of drug-likeness (QED) is 0.602. The summed E-state index contributed by atoms with van der Waals surface area (Å²) < 4.78 is 31.2. The van der Waals surface area contributed by atoms with Gasteiger partial charge in [-0.2, -0.15) is 4.72 Å². The summed E-state index contributed by atoms with van der Waals surface area (Å²) in [4.78, 5) is 0. The molecule has 0 aliphatic heterocycles. The lowest BCUT2D eigenvalue weighted by atomic mass is 10.1. The fourth-order valence-corrected chi connectivity index (χ4v) is 2.58. The van der Waals surface area contributed by atoms with Gasteiger partial charge in [-0.3, -0.25) is 0 Å². The number of sulfonamides is 1. The van der Waals surface area contributed by atoms with Gasteiger partial charge in [-0.25, -0.2) is 8.42 Å². The van der Waals surface area contributed by atoms with Crippen molar-refractivity contribution in [2.45, 2.75) is 19.4 Å². The van der Waals surface area contributed by atoms with Crippen LogP contribution in [0.5, 0.6) is 5.75 Å². The molecule has 19 heavy (non-hydrogen) atoms. The minimum Gasteiger partial charge on any atom is -0.492 e. The molecule has 0 heterocycles. The highest BCUT2D eigenvalue weighted by molar-refractivity contribution is 7.89. The molecule has 5 nitrogen and oxygen atoms in total. The van der Waals surface area contributed by atoms with Crippen molar-refractivity contribution in [3.63, 3.8) is 0 Å². The molecule has 0 unspecified atom stereocenters.